The average Bonchev–Trinajstić information content (AvgIpc) is 2.62. The lowest BCUT2D eigenvalue weighted by Crippen LogP contribution is -2.19. The van der Waals surface area contributed by atoms with Gasteiger partial charge < -0.3 is 15.4 Å². The van der Waals surface area contributed by atoms with Gasteiger partial charge in [0.25, 0.3) is 0 Å². The van der Waals surface area contributed by atoms with Crippen molar-refractivity contribution in [3.05, 3.63) is 35.8 Å². The molecule has 2 N–H and O–H groups in total. The molecule has 2 heterocycles. The van der Waals surface area contributed by atoms with Crippen molar-refractivity contribution in [1.82, 2.24) is 15.0 Å². The third-order valence-electron chi connectivity index (χ3n) is 3.53. The number of nitrogens with zero attached hydrogens (tertiary/aromatic N) is 3. The lowest BCUT2D eigenvalue weighted by atomic mass is 10.1. The van der Waals surface area contributed by atoms with E-state index in [1.165, 1.54) is 18.5 Å². The lowest BCUT2D eigenvalue weighted by Gasteiger charge is -2.17. The second-order valence-electron chi connectivity index (χ2n) is 5.79. The van der Waals surface area contributed by atoms with Crippen molar-refractivity contribution in [2.24, 2.45) is 0 Å². The van der Waals surface area contributed by atoms with Gasteiger partial charge in [-0.1, -0.05) is 13.0 Å². The maximum Gasteiger partial charge on any atom is 0.422 e. The lowest BCUT2D eigenvalue weighted by molar-refractivity contribution is -0.154. The minimum Gasteiger partial charge on any atom is -0.468 e. The van der Waals surface area contributed by atoms with E-state index in [4.69, 9.17) is 0 Å². The molecule has 10 heteroatoms. The number of halogens is 3. The highest BCUT2D eigenvalue weighted by Crippen LogP contribution is 2.22. The van der Waals surface area contributed by atoms with Crippen LogP contribution in [0.1, 0.15) is 37.6 Å². The van der Waals surface area contributed by atoms with Crippen LogP contribution in [0.15, 0.2) is 24.5 Å². The van der Waals surface area contributed by atoms with Gasteiger partial charge in [-0.3, -0.25) is 4.79 Å². The standard InChI is InChI=1S/C17H20F3N5O2/c1-4-14(26)25-13-8-22-16(11(3)23-13)24-10(2)12-5-6-15(21-7-12)27-9-17(18,19)20/h5-8,10H,4,9H2,1-3H3,(H,22,24)(H,23,25,26). The highest BCUT2D eigenvalue weighted by atomic mass is 19.4. The van der Waals surface area contributed by atoms with E-state index in [0.717, 1.165) is 5.56 Å². The van der Waals surface area contributed by atoms with Crippen LogP contribution < -0.4 is 15.4 Å². The van der Waals surface area contributed by atoms with E-state index in [1.807, 2.05) is 6.92 Å². The smallest absolute Gasteiger partial charge is 0.422 e. The molecule has 2 aromatic rings. The predicted molar refractivity (Wildman–Crippen MR) is 93.5 cm³/mol. The van der Waals surface area contributed by atoms with Gasteiger partial charge in [0, 0.05) is 18.7 Å². The van der Waals surface area contributed by atoms with E-state index in [0.29, 0.717) is 23.8 Å². The fourth-order valence-corrected chi connectivity index (χ4v) is 2.09. The average molecular weight is 383 g/mol. The van der Waals surface area contributed by atoms with Gasteiger partial charge >= 0.3 is 6.18 Å². The molecule has 0 saturated heterocycles. The molecule has 0 aliphatic carbocycles. The monoisotopic (exact) mass is 383 g/mol. The number of amides is 1. The third kappa shape index (κ3) is 6.39. The van der Waals surface area contributed by atoms with Crippen molar-refractivity contribution in [3.8, 4) is 5.88 Å². The molecule has 0 fully saturated rings. The SMILES string of the molecule is CCC(=O)Nc1cnc(NC(C)c2ccc(OCC(F)(F)F)nc2)c(C)n1. The van der Waals surface area contributed by atoms with Crippen molar-refractivity contribution in [1.29, 1.82) is 0 Å². The Morgan fingerprint density at radius 3 is 2.56 bits per heavy atom. The Morgan fingerprint density at radius 2 is 2.00 bits per heavy atom. The van der Waals surface area contributed by atoms with Gasteiger partial charge in [-0.25, -0.2) is 15.0 Å². The van der Waals surface area contributed by atoms with E-state index in [1.54, 1.807) is 19.9 Å². The third-order valence-corrected chi connectivity index (χ3v) is 3.53. The molecule has 0 aliphatic heterocycles. The number of carbonyl (C=O) groups is 1. The summed E-state index contributed by atoms with van der Waals surface area (Å²) in [6, 6.07) is 2.77. The quantitative estimate of drug-likeness (QED) is 0.759. The summed E-state index contributed by atoms with van der Waals surface area (Å²) >= 11 is 0. The Hall–Kier alpha value is -2.91. The van der Waals surface area contributed by atoms with Crippen molar-refractivity contribution >= 4 is 17.5 Å². The minimum atomic E-state index is -4.41. The molecular formula is C17H20F3N5O2. The second kappa shape index (κ2) is 8.65. The summed E-state index contributed by atoms with van der Waals surface area (Å²) in [5.74, 6) is 0.631. The maximum absolute atomic E-state index is 12.1. The van der Waals surface area contributed by atoms with Crippen molar-refractivity contribution in [2.45, 2.75) is 39.4 Å². The summed E-state index contributed by atoms with van der Waals surface area (Å²) in [5, 5.41) is 5.78. The first-order chi connectivity index (χ1) is 12.7. The van der Waals surface area contributed by atoms with E-state index < -0.39 is 12.8 Å². The van der Waals surface area contributed by atoms with Gasteiger partial charge in [0.1, 0.15) is 5.82 Å². The topological polar surface area (TPSA) is 89.0 Å². The minimum absolute atomic E-state index is 0.102. The van der Waals surface area contributed by atoms with Crippen molar-refractivity contribution in [3.63, 3.8) is 0 Å². The zero-order chi connectivity index (χ0) is 20.0. The largest absolute Gasteiger partial charge is 0.468 e. The zero-order valence-electron chi connectivity index (χ0n) is 15.1. The van der Waals surface area contributed by atoms with Crippen molar-refractivity contribution < 1.29 is 22.7 Å². The summed E-state index contributed by atoms with van der Waals surface area (Å²) in [6.45, 7) is 3.95. The fraction of sp³-hybridized carbons (Fsp3) is 0.412. The molecule has 0 aromatic carbocycles. The Labute approximate surface area is 154 Å². The fourth-order valence-electron chi connectivity index (χ4n) is 2.09. The number of anilines is 2. The number of pyridine rings is 1. The highest BCUT2D eigenvalue weighted by molar-refractivity contribution is 5.89. The number of alkyl halides is 3. The van der Waals surface area contributed by atoms with Crippen molar-refractivity contribution in [2.75, 3.05) is 17.2 Å². The molecule has 1 unspecified atom stereocenters. The Balaban J connectivity index is 2.00. The van der Waals surface area contributed by atoms with E-state index in [9.17, 15) is 18.0 Å². The first-order valence-corrected chi connectivity index (χ1v) is 8.23. The van der Waals surface area contributed by atoms with Gasteiger partial charge in [-0.2, -0.15) is 13.2 Å². The number of carbonyl (C=O) groups excluding carboxylic acids is 1. The molecule has 1 atom stereocenters. The molecule has 2 rings (SSSR count). The van der Waals surface area contributed by atoms with Crippen LogP contribution in [0.4, 0.5) is 24.8 Å². The van der Waals surface area contributed by atoms with Gasteiger partial charge in [0.2, 0.25) is 11.8 Å². The Kier molecular flexibility index (Phi) is 6.54. The van der Waals surface area contributed by atoms with Crippen LogP contribution in [0.2, 0.25) is 0 Å². The summed E-state index contributed by atoms with van der Waals surface area (Å²) < 4.78 is 41.0. The number of aromatic nitrogens is 3. The molecule has 0 radical (unpaired) electrons. The number of hydrogen-bond acceptors (Lipinski definition) is 6. The van der Waals surface area contributed by atoms with Crippen LogP contribution >= 0.6 is 0 Å². The number of aryl methyl sites for hydroxylation is 1. The predicted octanol–water partition coefficient (Wildman–Crippen LogP) is 3.64. The second-order valence-corrected chi connectivity index (χ2v) is 5.79. The molecule has 0 aliphatic rings. The first kappa shape index (κ1) is 20.4. The number of rotatable bonds is 7. The zero-order valence-corrected chi connectivity index (χ0v) is 15.1. The number of ether oxygens (including phenoxy) is 1. The molecule has 0 saturated carbocycles. The maximum atomic E-state index is 12.1. The van der Waals surface area contributed by atoms with Gasteiger partial charge in [0.05, 0.1) is 17.9 Å². The summed E-state index contributed by atoms with van der Waals surface area (Å²) in [5.41, 5.74) is 1.33. The molecule has 0 spiro atoms. The highest BCUT2D eigenvalue weighted by Gasteiger charge is 2.28. The number of nitrogens with one attached hydrogen (secondary N) is 2. The Morgan fingerprint density at radius 1 is 1.26 bits per heavy atom. The molecule has 146 valence electrons. The first-order valence-electron chi connectivity index (χ1n) is 8.23. The van der Waals surface area contributed by atoms with Crippen LogP contribution in [0, 0.1) is 6.92 Å². The van der Waals surface area contributed by atoms with E-state index in [-0.39, 0.29) is 17.8 Å². The van der Waals surface area contributed by atoms with E-state index >= 15 is 0 Å². The normalized spacial score (nSPS) is 12.4. The van der Waals surface area contributed by atoms with E-state index in [2.05, 4.69) is 30.3 Å². The van der Waals surface area contributed by atoms with Gasteiger partial charge in [-0.15, -0.1) is 0 Å². The van der Waals surface area contributed by atoms with Gasteiger partial charge in [0.15, 0.2) is 12.4 Å². The molecule has 7 nitrogen and oxygen atoms in total. The summed E-state index contributed by atoms with van der Waals surface area (Å²) in [4.78, 5) is 23.8. The summed E-state index contributed by atoms with van der Waals surface area (Å²) in [7, 11) is 0. The van der Waals surface area contributed by atoms with Crippen LogP contribution in [-0.2, 0) is 4.79 Å². The molecule has 1 amide bonds. The van der Waals surface area contributed by atoms with Crippen LogP contribution in [0.25, 0.3) is 0 Å². The molecular weight excluding hydrogens is 363 g/mol. The number of hydrogen-bond donors (Lipinski definition) is 2. The molecule has 27 heavy (non-hydrogen) atoms. The Bertz CT molecular complexity index is 781. The van der Waals surface area contributed by atoms with Crippen LogP contribution in [0.5, 0.6) is 5.88 Å². The molecule has 2 aromatic heterocycles. The molecule has 0 bridgehead atoms. The summed E-state index contributed by atoms with van der Waals surface area (Å²) in [6.07, 6.45) is -1.19. The van der Waals surface area contributed by atoms with Gasteiger partial charge in [-0.05, 0) is 19.4 Å². The van der Waals surface area contributed by atoms with Crippen LogP contribution in [-0.4, -0.2) is 33.6 Å². The van der Waals surface area contributed by atoms with Crippen LogP contribution in [0.3, 0.4) is 0 Å².